The molecule has 0 amide bonds. The van der Waals surface area contributed by atoms with Crippen LogP contribution >= 0.6 is 0 Å². The summed E-state index contributed by atoms with van der Waals surface area (Å²) in [5.74, 6) is 5.69. The van der Waals surface area contributed by atoms with Crippen LogP contribution in [0.4, 0.5) is 0 Å². The lowest BCUT2D eigenvalue weighted by molar-refractivity contribution is -0.153. The van der Waals surface area contributed by atoms with Crippen molar-refractivity contribution in [3.63, 3.8) is 0 Å². The quantitative estimate of drug-likeness (QED) is 0.273. The van der Waals surface area contributed by atoms with Gasteiger partial charge < -0.3 is 14.3 Å². The van der Waals surface area contributed by atoms with Crippen LogP contribution in [0.2, 0.25) is 5.04 Å². The summed E-state index contributed by atoms with van der Waals surface area (Å²) in [5, 5.41) is 12.5. The van der Waals surface area contributed by atoms with Crippen LogP contribution in [0.3, 0.4) is 0 Å². The first-order valence-corrected chi connectivity index (χ1v) is 13.5. The Morgan fingerprint density at radius 2 is 1.45 bits per heavy atom. The molecule has 0 saturated heterocycles. The zero-order valence-corrected chi connectivity index (χ0v) is 21.9. The first-order chi connectivity index (χ1) is 15.5. The van der Waals surface area contributed by atoms with E-state index in [4.69, 9.17) is 9.16 Å². The molecule has 0 radical (unpaired) electrons. The minimum absolute atomic E-state index is 0.118. The van der Waals surface area contributed by atoms with Gasteiger partial charge in [0.15, 0.2) is 0 Å². The van der Waals surface area contributed by atoms with Crippen molar-refractivity contribution in [1.29, 1.82) is 0 Å². The molecule has 0 bridgehead atoms. The van der Waals surface area contributed by atoms with Gasteiger partial charge in [0.2, 0.25) is 0 Å². The van der Waals surface area contributed by atoms with Crippen molar-refractivity contribution in [3.8, 4) is 11.8 Å². The Hall–Kier alpha value is -2.39. The highest BCUT2D eigenvalue weighted by atomic mass is 28.4. The Balaban J connectivity index is 2.08. The van der Waals surface area contributed by atoms with E-state index in [0.29, 0.717) is 12.8 Å². The van der Waals surface area contributed by atoms with Gasteiger partial charge in [0, 0.05) is 0 Å². The van der Waals surface area contributed by atoms with E-state index in [2.05, 4.69) is 81.1 Å². The van der Waals surface area contributed by atoms with Gasteiger partial charge in [-0.1, -0.05) is 93.3 Å². The molecule has 0 spiro atoms. The molecule has 0 aliphatic heterocycles. The van der Waals surface area contributed by atoms with Gasteiger partial charge in [-0.15, -0.1) is 0 Å². The topological polar surface area (TPSA) is 55.8 Å². The molecule has 33 heavy (non-hydrogen) atoms. The third-order valence-corrected chi connectivity index (χ3v) is 10.5. The predicted molar refractivity (Wildman–Crippen MR) is 137 cm³/mol. The molecule has 1 N–H and O–H groups in total. The maximum Gasteiger partial charge on any atom is 0.311 e. The minimum atomic E-state index is -2.62. The summed E-state index contributed by atoms with van der Waals surface area (Å²) < 4.78 is 11.9. The molecule has 0 saturated carbocycles. The Bertz CT molecular complexity index is 892. The summed E-state index contributed by atoms with van der Waals surface area (Å²) in [6.45, 7) is 12.7. The van der Waals surface area contributed by atoms with Crippen molar-refractivity contribution in [2.45, 2.75) is 65.5 Å². The molecule has 4 nitrogen and oxygen atoms in total. The van der Waals surface area contributed by atoms with Crippen molar-refractivity contribution in [3.05, 3.63) is 60.7 Å². The van der Waals surface area contributed by atoms with Crippen LogP contribution < -0.4 is 10.4 Å². The van der Waals surface area contributed by atoms with Gasteiger partial charge in [-0.3, -0.25) is 4.79 Å². The Morgan fingerprint density at radius 3 is 1.91 bits per heavy atom. The van der Waals surface area contributed by atoms with Crippen molar-refractivity contribution in [2.75, 3.05) is 13.2 Å². The molecule has 1 atom stereocenters. The van der Waals surface area contributed by atoms with E-state index in [-0.39, 0.29) is 24.2 Å². The molecular formula is C28H38O4Si. The SMILES string of the molecule is CC(C)(C)C(=O)OCCC[C@H](O)C#CCO[Si](c1ccccc1)(c1ccccc1)C(C)(C)C. The molecule has 2 aromatic rings. The lowest BCUT2D eigenvalue weighted by Crippen LogP contribution is -2.66. The zero-order chi connectivity index (χ0) is 24.5. The molecule has 2 aromatic carbocycles. The van der Waals surface area contributed by atoms with E-state index in [0.717, 1.165) is 0 Å². The fourth-order valence-electron chi connectivity index (χ4n) is 3.80. The second-order valence-electron chi connectivity index (χ2n) is 10.3. The number of rotatable bonds is 8. The summed E-state index contributed by atoms with van der Waals surface area (Å²) in [5.41, 5.74) is -0.517. The third kappa shape index (κ3) is 7.30. The van der Waals surface area contributed by atoms with Crippen molar-refractivity contribution in [2.24, 2.45) is 5.41 Å². The average molecular weight is 467 g/mol. The third-order valence-electron chi connectivity index (χ3n) is 5.51. The van der Waals surface area contributed by atoms with E-state index in [1.165, 1.54) is 10.4 Å². The lowest BCUT2D eigenvalue weighted by Gasteiger charge is -2.42. The molecule has 2 rings (SSSR count). The summed E-state index contributed by atoms with van der Waals surface area (Å²) in [7, 11) is -2.62. The number of hydrogen-bond donors (Lipinski definition) is 1. The zero-order valence-electron chi connectivity index (χ0n) is 20.9. The van der Waals surface area contributed by atoms with Crippen molar-refractivity contribution in [1.82, 2.24) is 0 Å². The van der Waals surface area contributed by atoms with Gasteiger partial charge in [-0.25, -0.2) is 0 Å². The summed E-state index contributed by atoms with van der Waals surface area (Å²) in [6, 6.07) is 20.8. The standard InChI is InChI=1S/C28H38O4Si/c1-27(2,3)26(30)31-21-13-15-23(29)16-14-22-32-33(28(4,5)6,24-17-9-7-10-18-24)25-19-11-8-12-20-25/h7-12,17-20,23,29H,13,15,21-22H2,1-6H3/t23-/m0/s1. The summed E-state index contributed by atoms with van der Waals surface area (Å²) in [6.07, 6.45) is 0.234. The molecule has 5 heteroatoms. The summed E-state index contributed by atoms with van der Waals surface area (Å²) in [4.78, 5) is 11.8. The summed E-state index contributed by atoms with van der Waals surface area (Å²) >= 11 is 0. The van der Waals surface area contributed by atoms with Gasteiger partial charge in [0.1, 0.15) is 6.10 Å². The van der Waals surface area contributed by atoms with Gasteiger partial charge in [-0.05, 0) is 49.0 Å². The number of ether oxygens (including phenoxy) is 1. The highest BCUT2D eigenvalue weighted by Crippen LogP contribution is 2.36. The van der Waals surface area contributed by atoms with Crippen LogP contribution in [-0.4, -0.2) is 38.7 Å². The lowest BCUT2D eigenvalue weighted by atomic mass is 9.97. The molecule has 0 aliphatic carbocycles. The number of benzene rings is 2. The number of carbonyl (C=O) groups excluding carboxylic acids is 1. The number of carbonyl (C=O) groups is 1. The van der Waals surface area contributed by atoms with Crippen LogP contribution in [0, 0.1) is 17.3 Å². The molecule has 0 fully saturated rings. The average Bonchev–Trinajstić information content (AvgIpc) is 2.76. The number of aliphatic hydroxyl groups is 1. The normalized spacial score (nSPS) is 13.1. The predicted octanol–water partition coefficient (Wildman–Crippen LogP) is 4.30. The van der Waals surface area contributed by atoms with E-state index in [1.807, 2.05) is 32.9 Å². The smallest absolute Gasteiger partial charge is 0.311 e. The Morgan fingerprint density at radius 1 is 0.939 bits per heavy atom. The maximum absolute atomic E-state index is 11.8. The largest absolute Gasteiger partial charge is 0.465 e. The molecule has 0 unspecified atom stereocenters. The first kappa shape index (κ1) is 26.9. The van der Waals surface area contributed by atoms with Crippen LogP contribution in [0.25, 0.3) is 0 Å². The van der Waals surface area contributed by atoms with Crippen LogP contribution in [-0.2, 0) is 14.0 Å². The van der Waals surface area contributed by atoms with E-state index >= 15 is 0 Å². The monoisotopic (exact) mass is 466 g/mol. The fraction of sp³-hybridized carbons (Fsp3) is 0.464. The number of aliphatic hydroxyl groups excluding tert-OH is 1. The Labute approximate surface area is 200 Å². The van der Waals surface area contributed by atoms with E-state index in [1.54, 1.807) is 0 Å². The second kappa shape index (κ2) is 11.6. The molecule has 0 aliphatic rings. The fourth-order valence-corrected chi connectivity index (χ4v) is 8.24. The van der Waals surface area contributed by atoms with Crippen LogP contribution in [0.1, 0.15) is 54.4 Å². The minimum Gasteiger partial charge on any atom is -0.465 e. The first-order valence-electron chi connectivity index (χ1n) is 11.6. The van der Waals surface area contributed by atoms with Gasteiger partial charge in [0.25, 0.3) is 8.32 Å². The van der Waals surface area contributed by atoms with Gasteiger partial charge in [-0.2, -0.15) is 0 Å². The highest BCUT2D eigenvalue weighted by Gasteiger charge is 2.49. The van der Waals surface area contributed by atoms with Crippen molar-refractivity contribution < 1.29 is 19.1 Å². The van der Waals surface area contributed by atoms with Crippen LogP contribution in [0.15, 0.2) is 60.7 Å². The number of esters is 1. The highest BCUT2D eigenvalue weighted by molar-refractivity contribution is 6.99. The maximum atomic E-state index is 11.8. The molecule has 0 aromatic heterocycles. The molecule has 178 valence electrons. The van der Waals surface area contributed by atoms with Crippen molar-refractivity contribution >= 4 is 24.7 Å². The van der Waals surface area contributed by atoms with Gasteiger partial charge >= 0.3 is 5.97 Å². The molecule has 0 heterocycles. The molecular weight excluding hydrogens is 428 g/mol. The second-order valence-corrected chi connectivity index (χ2v) is 14.6. The van der Waals surface area contributed by atoms with Crippen LogP contribution in [0.5, 0.6) is 0 Å². The van der Waals surface area contributed by atoms with Gasteiger partial charge in [0.05, 0.1) is 18.6 Å². The number of hydrogen-bond acceptors (Lipinski definition) is 4. The van der Waals surface area contributed by atoms with E-state index in [9.17, 15) is 9.90 Å². The van der Waals surface area contributed by atoms with E-state index < -0.39 is 19.8 Å². The Kier molecular flexibility index (Phi) is 9.48.